The maximum atomic E-state index is 3.65. The summed E-state index contributed by atoms with van der Waals surface area (Å²) in [5, 5.41) is 4.26. The second kappa shape index (κ2) is 9.65. The molecule has 0 saturated carbocycles. The van der Waals surface area contributed by atoms with E-state index in [9.17, 15) is 0 Å². The highest BCUT2D eigenvalue weighted by molar-refractivity contribution is 9.10. The van der Waals surface area contributed by atoms with Crippen LogP contribution in [-0.2, 0) is 6.16 Å². The van der Waals surface area contributed by atoms with Crippen LogP contribution in [0.3, 0.4) is 0 Å². The molecule has 0 fully saturated rings. The van der Waals surface area contributed by atoms with E-state index in [0.29, 0.717) is 0 Å². The molecule has 0 aliphatic rings. The summed E-state index contributed by atoms with van der Waals surface area (Å²) < 4.78 is 1.13. The highest BCUT2D eigenvalue weighted by atomic mass is 79.9. The van der Waals surface area contributed by atoms with Gasteiger partial charge in [0.1, 0.15) is 23.2 Å². The third kappa shape index (κ3) is 4.30. The lowest BCUT2D eigenvalue weighted by molar-refractivity contribution is 1.38. The summed E-state index contributed by atoms with van der Waals surface area (Å²) in [6.45, 7) is 0. The average molecular weight is 513 g/mol. The highest BCUT2D eigenvalue weighted by Crippen LogP contribution is 2.58. The van der Waals surface area contributed by atoms with Crippen molar-refractivity contribution in [3.8, 4) is 0 Å². The fourth-order valence-corrected chi connectivity index (χ4v) is 8.35. The molecule has 4 aromatic carbocycles. The van der Waals surface area contributed by atoms with Gasteiger partial charge in [-0.25, -0.2) is 0 Å². The van der Waals surface area contributed by atoms with Crippen molar-refractivity contribution in [1.29, 1.82) is 0 Å². The molecule has 0 N–H and O–H groups in total. The van der Waals surface area contributed by atoms with Gasteiger partial charge in [-0.05, 0) is 54.1 Å². The van der Waals surface area contributed by atoms with Gasteiger partial charge in [0.2, 0.25) is 0 Å². The quantitative estimate of drug-likeness (QED) is 0.267. The average Bonchev–Trinajstić information content (AvgIpc) is 2.74. The van der Waals surface area contributed by atoms with Gasteiger partial charge in [0.25, 0.3) is 0 Å². The molecule has 0 atom stereocenters. The van der Waals surface area contributed by atoms with Crippen molar-refractivity contribution in [2.24, 2.45) is 0 Å². The number of halogens is 2. The standard InChI is InChI=1S/C25H21BrP.BrH/c26-22-12-10-11-21(19-22)20-27(23-13-4-1-5-14-23,24-15-6-2-7-16-24)25-17-8-3-9-18-25;/h1-19H,20H2;1H/q+1;. The molecule has 0 saturated heterocycles. The van der Waals surface area contributed by atoms with Gasteiger partial charge in [0.05, 0.1) is 6.16 Å². The molecule has 0 aliphatic carbocycles. The molecule has 0 heterocycles. The Morgan fingerprint density at radius 3 is 1.36 bits per heavy atom. The molecule has 4 rings (SSSR count). The van der Waals surface area contributed by atoms with Crippen LogP contribution in [0.1, 0.15) is 5.56 Å². The van der Waals surface area contributed by atoms with E-state index in [1.54, 1.807) is 0 Å². The predicted molar refractivity (Wildman–Crippen MR) is 133 cm³/mol. The van der Waals surface area contributed by atoms with Gasteiger partial charge in [-0.3, -0.25) is 0 Å². The maximum Gasteiger partial charge on any atom is 0.116 e. The lowest BCUT2D eigenvalue weighted by Crippen LogP contribution is -2.32. The maximum absolute atomic E-state index is 3.65. The minimum absolute atomic E-state index is 0. The van der Waals surface area contributed by atoms with E-state index in [4.69, 9.17) is 0 Å². The summed E-state index contributed by atoms with van der Waals surface area (Å²) in [4.78, 5) is 0. The smallest absolute Gasteiger partial charge is 0.114 e. The van der Waals surface area contributed by atoms with Crippen molar-refractivity contribution >= 4 is 56.1 Å². The Balaban J connectivity index is 0.00000225. The van der Waals surface area contributed by atoms with Crippen LogP contribution in [0.4, 0.5) is 0 Å². The van der Waals surface area contributed by atoms with Crippen molar-refractivity contribution < 1.29 is 0 Å². The van der Waals surface area contributed by atoms with E-state index in [2.05, 4.69) is 131 Å². The molecular weight excluding hydrogens is 491 g/mol. The lowest BCUT2D eigenvalue weighted by atomic mass is 10.2. The van der Waals surface area contributed by atoms with E-state index in [1.807, 2.05) is 0 Å². The number of rotatable bonds is 5. The van der Waals surface area contributed by atoms with E-state index in [0.717, 1.165) is 10.6 Å². The van der Waals surface area contributed by atoms with Gasteiger partial charge < -0.3 is 0 Å². The SMILES string of the molecule is Br.Brc1cccc(C[P+](c2ccccc2)(c2ccccc2)c2ccccc2)c1. The summed E-state index contributed by atoms with van der Waals surface area (Å²) in [6, 6.07) is 41.8. The van der Waals surface area contributed by atoms with Crippen LogP contribution in [-0.4, -0.2) is 0 Å². The molecule has 0 bridgehead atoms. The fraction of sp³-hybridized carbons (Fsp3) is 0.0400. The van der Waals surface area contributed by atoms with Crippen LogP contribution in [0, 0.1) is 0 Å². The van der Waals surface area contributed by atoms with Gasteiger partial charge in [-0.2, -0.15) is 0 Å². The van der Waals surface area contributed by atoms with Crippen molar-refractivity contribution in [3.63, 3.8) is 0 Å². The summed E-state index contributed by atoms with van der Waals surface area (Å²) in [6.07, 6.45) is 1.00. The second-order valence-electron chi connectivity index (χ2n) is 6.60. The number of hydrogen-bond acceptors (Lipinski definition) is 0. The zero-order valence-electron chi connectivity index (χ0n) is 15.4. The largest absolute Gasteiger partial charge is 0.116 e. The van der Waals surface area contributed by atoms with Gasteiger partial charge >= 0.3 is 0 Å². The first-order chi connectivity index (χ1) is 13.3. The van der Waals surface area contributed by atoms with Gasteiger partial charge in [0.15, 0.2) is 0 Å². The van der Waals surface area contributed by atoms with E-state index < -0.39 is 7.26 Å². The Morgan fingerprint density at radius 2 is 0.964 bits per heavy atom. The van der Waals surface area contributed by atoms with Crippen LogP contribution in [0.25, 0.3) is 0 Å². The molecule has 3 heteroatoms. The van der Waals surface area contributed by atoms with Crippen LogP contribution in [0.2, 0.25) is 0 Å². The normalized spacial score (nSPS) is 10.9. The molecule has 140 valence electrons. The summed E-state index contributed by atoms with van der Waals surface area (Å²) >= 11 is 3.65. The second-order valence-corrected chi connectivity index (χ2v) is 11.0. The fourth-order valence-electron chi connectivity index (χ4n) is 3.68. The van der Waals surface area contributed by atoms with Crippen LogP contribution in [0.15, 0.2) is 120 Å². The van der Waals surface area contributed by atoms with E-state index in [-0.39, 0.29) is 17.0 Å². The Labute approximate surface area is 186 Å². The molecule has 0 aliphatic heterocycles. The van der Waals surface area contributed by atoms with Gasteiger partial charge in [0, 0.05) is 4.47 Å². The first kappa shape index (κ1) is 21.0. The third-order valence-corrected chi connectivity index (χ3v) is 9.77. The first-order valence-electron chi connectivity index (χ1n) is 9.08. The zero-order chi connectivity index (χ0) is 18.5. The van der Waals surface area contributed by atoms with Crippen LogP contribution >= 0.6 is 40.2 Å². The molecule has 4 aromatic rings. The first-order valence-corrected chi connectivity index (χ1v) is 11.9. The van der Waals surface area contributed by atoms with E-state index >= 15 is 0 Å². The molecule has 0 spiro atoms. The summed E-state index contributed by atoms with van der Waals surface area (Å²) in [7, 11) is -1.82. The van der Waals surface area contributed by atoms with Crippen molar-refractivity contribution in [2.75, 3.05) is 0 Å². The molecule has 0 amide bonds. The minimum atomic E-state index is -1.82. The van der Waals surface area contributed by atoms with Crippen molar-refractivity contribution in [2.45, 2.75) is 6.16 Å². The summed E-state index contributed by atoms with van der Waals surface area (Å²) in [5.41, 5.74) is 1.36. The Morgan fingerprint density at radius 1 is 0.536 bits per heavy atom. The third-order valence-electron chi connectivity index (χ3n) is 4.90. The van der Waals surface area contributed by atoms with Crippen molar-refractivity contribution in [1.82, 2.24) is 0 Å². The molecule has 28 heavy (non-hydrogen) atoms. The molecule has 0 aromatic heterocycles. The van der Waals surface area contributed by atoms with Gasteiger partial charge in [-0.15, -0.1) is 17.0 Å². The monoisotopic (exact) mass is 511 g/mol. The lowest BCUT2D eigenvalue weighted by Gasteiger charge is -2.28. The zero-order valence-corrected chi connectivity index (χ0v) is 19.6. The number of benzene rings is 4. The molecule has 0 unspecified atom stereocenters. The van der Waals surface area contributed by atoms with Crippen LogP contribution in [0.5, 0.6) is 0 Å². The summed E-state index contributed by atoms with van der Waals surface area (Å²) in [5.74, 6) is 0. The molecular formula is C25H22Br2P+. The molecule has 0 radical (unpaired) electrons. The van der Waals surface area contributed by atoms with Crippen LogP contribution < -0.4 is 15.9 Å². The van der Waals surface area contributed by atoms with Crippen molar-refractivity contribution in [3.05, 3.63) is 125 Å². The Kier molecular flexibility index (Phi) is 7.24. The highest BCUT2D eigenvalue weighted by Gasteiger charge is 2.45. The van der Waals surface area contributed by atoms with Gasteiger partial charge in [-0.1, -0.05) is 82.7 Å². The predicted octanol–water partition coefficient (Wildman–Crippen LogP) is 6.52. The number of hydrogen-bond donors (Lipinski definition) is 0. The Hall–Kier alpha value is -1.73. The topological polar surface area (TPSA) is 0 Å². The van der Waals surface area contributed by atoms with E-state index in [1.165, 1.54) is 21.5 Å². The molecule has 0 nitrogen and oxygen atoms in total. The Bertz CT molecular complexity index is 905. The minimum Gasteiger partial charge on any atom is -0.114 e.